The lowest BCUT2D eigenvalue weighted by Gasteiger charge is -2.34. The molecule has 1 N–H and O–H groups in total. The lowest BCUT2D eigenvalue weighted by atomic mass is 10.0. The molecule has 1 saturated heterocycles. The average molecular weight is 319 g/mol. The Morgan fingerprint density at radius 1 is 1.15 bits per heavy atom. The number of likely N-dealkylation sites (tertiary alicyclic amines) is 1. The Kier molecular flexibility index (Phi) is 3.45. The molecule has 4 nitrogen and oxygen atoms in total. The van der Waals surface area contributed by atoms with E-state index in [9.17, 15) is 9.59 Å². The number of amides is 2. The van der Waals surface area contributed by atoms with Crippen LogP contribution in [0.1, 0.15) is 39.0 Å². The Balaban J connectivity index is 1.49. The predicted octanol–water partition coefficient (Wildman–Crippen LogP) is 2.09. The van der Waals surface area contributed by atoms with Crippen LogP contribution in [0.2, 0.25) is 0 Å². The zero-order valence-corrected chi connectivity index (χ0v) is 13.1. The SMILES string of the molecule is CC1(C(=O)N2CCC(NC(=O)C3CC3)CC2)CC1(Cl)Cl. The van der Waals surface area contributed by atoms with Crippen LogP contribution in [0.3, 0.4) is 0 Å². The average Bonchev–Trinajstić information content (AvgIpc) is 3.28. The monoisotopic (exact) mass is 318 g/mol. The molecule has 3 fully saturated rings. The van der Waals surface area contributed by atoms with E-state index in [1.165, 1.54) is 0 Å². The standard InChI is InChI=1S/C14H20Cl2N2O2/c1-13(8-14(13,15)16)12(20)18-6-4-10(5-7-18)17-11(19)9-2-3-9/h9-10H,2-8H2,1H3,(H,17,19). The number of carbonyl (C=O) groups is 2. The quantitative estimate of drug-likeness (QED) is 0.810. The molecule has 0 radical (unpaired) electrons. The molecule has 1 heterocycles. The van der Waals surface area contributed by atoms with Gasteiger partial charge in [0, 0.05) is 25.0 Å². The summed E-state index contributed by atoms with van der Waals surface area (Å²) in [5.74, 6) is 0.479. The second-order valence-electron chi connectivity index (χ2n) is 6.56. The molecule has 2 saturated carbocycles. The topological polar surface area (TPSA) is 49.4 Å². The van der Waals surface area contributed by atoms with Gasteiger partial charge in [-0.2, -0.15) is 0 Å². The van der Waals surface area contributed by atoms with Crippen molar-refractivity contribution in [3.63, 3.8) is 0 Å². The molecule has 0 aromatic rings. The van der Waals surface area contributed by atoms with Crippen molar-refractivity contribution >= 4 is 35.0 Å². The number of carbonyl (C=O) groups excluding carboxylic acids is 2. The molecule has 20 heavy (non-hydrogen) atoms. The summed E-state index contributed by atoms with van der Waals surface area (Å²) >= 11 is 12.1. The number of nitrogens with zero attached hydrogens (tertiary/aromatic N) is 1. The van der Waals surface area contributed by atoms with Gasteiger partial charge in [-0.3, -0.25) is 9.59 Å². The lowest BCUT2D eigenvalue weighted by Crippen LogP contribution is -2.49. The number of nitrogens with one attached hydrogen (secondary N) is 1. The van der Waals surface area contributed by atoms with Crippen molar-refractivity contribution in [2.75, 3.05) is 13.1 Å². The van der Waals surface area contributed by atoms with Gasteiger partial charge in [0.1, 0.15) is 4.33 Å². The van der Waals surface area contributed by atoms with Crippen molar-refractivity contribution in [3.05, 3.63) is 0 Å². The van der Waals surface area contributed by atoms with Crippen LogP contribution in [0, 0.1) is 11.3 Å². The van der Waals surface area contributed by atoms with Gasteiger partial charge in [0.05, 0.1) is 5.41 Å². The molecular formula is C14H20Cl2N2O2. The minimum absolute atomic E-state index is 0.0504. The Bertz CT molecular complexity index is 442. The second kappa shape index (κ2) is 4.77. The first kappa shape index (κ1) is 14.5. The summed E-state index contributed by atoms with van der Waals surface area (Å²) in [4.78, 5) is 26.0. The van der Waals surface area contributed by atoms with Gasteiger partial charge in [0.25, 0.3) is 0 Å². The van der Waals surface area contributed by atoms with E-state index in [0.29, 0.717) is 19.5 Å². The molecule has 1 atom stereocenters. The van der Waals surface area contributed by atoms with Crippen LogP contribution in [0.15, 0.2) is 0 Å². The molecule has 6 heteroatoms. The van der Waals surface area contributed by atoms with E-state index in [1.54, 1.807) is 0 Å². The van der Waals surface area contributed by atoms with Crippen LogP contribution in [0.4, 0.5) is 0 Å². The van der Waals surface area contributed by atoms with Crippen LogP contribution in [-0.2, 0) is 9.59 Å². The molecular weight excluding hydrogens is 299 g/mol. The summed E-state index contributed by atoms with van der Waals surface area (Å²) in [6.07, 6.45) is 4.21. The highest BCUT2D eigenvalue weighted by Gasteiger charge is 2.68. The number of halogens is 2. The minimum atomic E-state index is -0.902. The first-order valence-corrected chi connectivity index (χ1v) is 8.07. The number of hydrogen-bond acceptors (Lipinski definition) is 2. The van der Waals surface area contributed by atoms with Crippen LogP contribution >= 0.6 is 23.2 Å². The van der Waals surface area contributed by atoms with Gasteiger partial charge in [0.15, 0.2) is 0 Å². The predicted molar refractivity (Wildman–Crippen MR) is 77.6 cm³/mol. The summed E-state index contributed by atoms with van der Waals surface area (Å²) in [6, 6.07) is 0.205. The molecule has 1 aliphatic heterocycles. The van der Waals surface area contributed by atoms with Gasteiger partial charge in [-0.25, -0.2) is 0 Å². The van der Waals surface area contributed by atoms with Gasteiger partial charge in [-0.1, -0.05) is 0 Å². The van der Waals surface area contributed by atoms with Gasteiger partial charge in [0.2, 0.25) is 11.8 Å². The van der Waals surface area contributed by atoms with E-state index < -0.39 is 9.75 Å². The molecule has 1 unspecified atom stereocenters. The fourth-order valence-electron chi connectivity index (χ4n) is 2.87. The van der Waals surface area contributed by atoms with E-state index in [0.717, 1.165) is 25.7 Å². The number of hydrogen-bond donors (Lipinski definition) is 1. The third-order valence-electron chi connectivity index (χ3n) is 4.81. The van der Waals surface area contributed by atoms with Crippen molar-refractivity contribution in [1.29, 1.82) is 0 Å². The molecule has 0 aromatic carbocycles. The fourth-order valence-corrected chi connectivity index (χ4v) is 3.57. The molecule has 0 spiro atoms. The van der Waals surface area contributed by atoms with E-state index >= 15 is 0 Å². The number of alkyl halides is 2. The molecule has 112 valence electrons. The highest BCUT2D eigenvalue weighted by molar-refractivity contribution is 6.53. The number of piperidine rings is 1. The molecule has 3 aliphatic rings. The van der Waals surface area contributed by atoms with Crippen LogP contribution in [0.25, 0.3) is 0 Å². The Morgan fingerprint density at radius 2 is 1.70 bits per heavy atom. The normalized spacial score (nSPS) is 32.9. The molecule has 0 aromatic heterocycles. The molecule has 0 bridgehead atoms. The van der Waals surface area contributed by atoms with Crippen LogP contribution in [0.5, 0.6) is 0 Å². The maximum atomic E-state index is 12.4. The zero-order chi connectivity index (χ0) is 14.5. The van der Waals surface area contributed by atoms with Crippen LogP contribution < -0.4 is 5.32 Å². The lowest BCUT2D eigenvalue weighted by molar-refractivity contribution is -0.137. The summed E-state index contributed by atoms with van der Waals surface area (Å²) in [7, 11) is 0. The van der Waals surface area contributed by atoms with E-state index in [1.807, 2.05) is 11.8 Å². The highest BCUT2D eigenvalue weighted by atomic mass is 35.5. The van der Waals surface area contributed by atoms with Crippen molar-refractivity contribution in [1.82, 2.24) is 10.2 Å². The Labute approximate surface area is 129 Å². The smallest absolute Gasteiger partial charge is 0.231 e. The van der Waals surface area contributed by atoms with Gasteiger partial charge >= 0.3 is 0 Å². The van der Waals surface area contributed by atoms with E-state index in [-0.39, 0.29) is 23.8 Å². The van der Waals surface area contributed by atoms with Crippen LogP contribution in [-0.4, -0.2) is 40.2 Å². The van der Waals surface area contributed by atoms with Gasteiger partial charge in [-0.05, 0) is 39.0 Å². The summed E-state index contributed by atoms with van der Waals surface area (Å²) in [5, 5.41) is 3.08. The maximum Gasteiger partial charge on any atom is 0.231 e. The van der Waals surface area contributed by atoms with Crippen molar-refractivity contribution < 1.29 is 9.59 Å². The van der Waals surface area contributed by atoms with Gasteiger partial charge in [-0.15, -0.1) is 23.2 Å². The first-order valence-electron chi connectivity index (χ1n) is 7.31. The Hall–Kier alpha value is -0.480. The summed E-state index contributed by atoms with van der Waals surface area (Å²) < 4.78 is -0.902. The molecule has 2 amide bonds. The molecule has 2 aliphatic carbocycles. The van der Waals surface area contributed by atoms with Crippen molar-refractivity contribution in [2.45, 2.75) is 49.4 Å². The van der Waals surface area contributed by atoms with Crippen molar-refractivity contribution in [3.8, 4) is 0 Å². The molecule has 3 rings (SSSR count). The third kappa shape index (κ3) is 2.52. The highest BCUT2D eigenvalue weighted by Crippen LogP contribution is 2.64. The number of rotatable bonds is 3. The van der Waals surface area contributed by atoms with Gasteiger partial charge < -0.3 is 10.2 Å². The first-order chi connectivity index (χ1) is 9.33. The third-order valence-corrected chi connectivity index (χ3v) is 5.91. The Morgan fingerprint density at radius 3 is 2.15 bits per heavy atom. The largest absolute Gasteiger partial charge is 0.353 e. The second-order valence-corrected chi connectivity index (χ2v) is 8.05. The zero-order valence-electron chi connectivity index (χ0n) is 11.6. The summed E-state index contributed by atoms with van der Waals surface area (Å²) in [6.45, 7) is 3.18. The van der Waals surface area contributed by atoms with Crippen molar-refractivity contribution in [2.24, 2.45) is 11.3 Å². The van der Waals surface area contributed by atoms with E-state index in [2.05, 4.69) is 5.32 Å². The maximum absolute atomic E-state index is 12.4. The fraction of sp³-hybridized carbons (Fsp3) is 0.857. The van der Waals surface area contributed by atoms with E-state index in [4.69, 9.17) is 23.2 Å². The minimum Gasteiger partial charge on any atom is -0.353 e. The summed E-state index contributed by atoms with van der Waals surface area (Å²) in [5.41, 5.74) is -0.625.